The highest BCUT2D eigenvalue weighted by molar-refractivity contribution is 5.84. The maximum absolute atomic E-state index is 11.8. The molecule has 3 heteroatoms. The molecule has 0 unspecified atom stereocenters. The van der Waals surface area contributed by atoms with Gasteiger partial charge in [0, 0.05) is 18.5 Å². The molecule has 2 aliphatic rings. The average Bonchev–Trinajstić information content (AvgIpc) is 2.85. The molecule has 0 N–H and O–H groups in total. The van der Waals surface area contributed by atoms with Crippen LogP contribution in [0.4, 0.5) is 0 Å². The first-order valence-electron chi connectivity index (χ1n) is 4.59. The highest BCUT2D eigenvalue weighted by Gasteiger charge is 2.47. The summed E-state index contributed by atoms with van der Waals surface area (Å²) in [5.74, 6) is 0.339. The monoisotopic (exact) mass is 169 g/mol. The van der Waals surface area contributed by atoms with E-state index in [2.05, 4.69) is 6.92 Å². The second-order valence-corrected chi connectivity index (χ2v) is 3.97. The first-order valence-corrected chi connectivity index (χ1v) is 4.59. The summed E-state index contributed by atoms with van der Waals surface area (Å²) in [6.45, 7) is 5.05. The van der Waals surface area contributed by atoms with Crippen LogP contribution in [0, 0.1) is 5.41 Å². The molecule has 68 valence electrons. The third-order valence-corrected chi connectivity index (χ3v) is 2.81. The van der Waals surface area contributed by atoms with E-state index in [-0.39, 0.29) is 5.41 Å². The summed E-state index contributed by atoms with van der Waals surface area (Å²) in [7, 11) is 0. The van der Waals surface area contributed by atoms with Crippen molar-refractivity contribution in [2.75, 3.05) is 26.3 Å². The molecule has 3 nitrogen and oxygen atoms in total. The topological polar surface area (TPSA) is 29.5 Å². The Bertz CT molecular complexity index is 193. The molecule has 0 atom stereocenters. The molecular formula is C9H15NO2. The van der Waals surface area contributed by atoms with Gasteiger partial charge in [-0.1, -0.05) is 6.92 Å². The second kappa shape index (κ2) is 2.73. The Morgan fingerprint density at radius 3 is 2.42 bits per heavy atom. The van der Waals surface area contributed by atoms with Crippen LogP contribution in [0.1, 0.15) is 19.8 Å². The Hall–Kier alpha value is -0.570. The Morgan fingerprint density at radius 2 is 1.92 bits per heavy atom. The van der Waals surface area contributed by atoms with Crippen LogP contribution in [-0.2, 0) is 9.53 Å². The number of morpholine rings is 1. The van der Waals surface area contributed by atoms with E-state index < -0.39 is 0 Å². The molecule has 0 aromatic heterocycles. The van der Waals surface area contributed by atoms with Gasteiger partial charge in [-0.05, 0) is 12.8 Å². The zero-order chi connectivity index (χ0) is 8.60. The van der Waals surface area contributed by atoms with Crippen molar-refractivity contribution in [2.45, 2.75) is 19.8 Å². The summed E-state index contributed by atoms with van der Waals surface area (Å²) in [5, 5.41) is 0. The van der Waals surface area contributed by atoms with Crippen molar-refractivity contribution in [1.82, 2.24) is 4.90 Å². The number of hydrogen-bond donors (Lipinski definition) is 0. The van der Waals surface area contributed by atoms with E-state index in [4.69, 9.17) is 4.74 Å². The van der Waals surface area contributed by atoms with E-state index in [9.17, 15) is 4.79 Å². The SMILES string of the molecule is CC1(C(=O)N2CCOCC2)CC1. The van der Waals surface area contributed by atoms with Crippen molar-refractivity contribution in [2.24, 2.45) is 5.41 Å². The van der Waals surface area contributed by atoms with Crippen LogP contribution < -0.4 is 0 Å². The van der Waals surface area contributed by atoms with Crippen molar-refractivity contribution in [1.29, 1.82) is 0 Å². The predicted octanol–water partition coefficient (Wildman–Crippen LogP) is 0.645. The highest BCUT2D eigenvalue weighted by Crippen LogP contribution is 2.46. The van der Waals surface area contributed by atoms with Crippen LogP contribution >= 0.6 is 0 Å². The fourth-order valence-electron chi connectivity index (χ4n) is 1.55. The number of ether oxygens (including phenoxy) is 1. The number of carbonyl (C=O) groups excluding carboxylic acids is 1. The fraction of sp³-hybridized carbons (Fsp3) is 0.889. The molecule has 1 aliphatic carbocycles. The van der Waals surface area contributed by atoms with E-state index in [1.165, 1.54) is 0 Å². The van der Waals surface area contributed by atoms with Gasteiger partial charge < -0.3 is 9.64 Å². The molecule has 1 aliphatic heterocycles. The average molecular weight is 169 g/mol. The van der Waals surface area contributed by atoms with E-state index in [0.29, 0.717) is 19.1 Å². The number of rotatable bonds is 1. The van der Waals surface area contributed by atoms with Crippen LogP contribution in [0.3, 0.4) is 0 Å². The van der Waals surface area contributed by atoms with E-state index in [1.54, 1.807) is 0 Å². The molecule has 12 heavy (non-hydrogen) atoms. The van der Waals surface area contributed by atoms with Crippen molar-refractivity contribution in [3.8, 4) is 0 Å². The molecular weight excluding hydrogens is 154 g/mol. The lowest BCUT2D eigenvalue weighted by Gasteiger charge is -2.29. The normalized spacial score (nSPS) is 26.9. The van der Waals surface area contributed by atoms with Gasteiger partial charge in [-0.15, -0.1) is 0 Å². The van der Waals surface area contributed by atoms with Gasteiger partial charge in [-0.3, -0.25) is 4.79 Å². The van der Waals surface area contributed by atoms with Crippen LogP contribution in [-0.4, -0.2) is 37.1 Å². The van der Waals surface area contributed by atoms with Crippen molar-refractivity contribution in [3.63, 3.8) is 0 Å². The Labute approximate surface area is 72.7 Å². The van der Waals surface area contributed by atoms with Crippen molar-refractivity contribution >= 4 is 5.91 Å². The molecule has 2 rings (SSSR count). The molecule has 1 saturated carbocycles. The standard InChI is InChI=1S/C9H15NO2/c1-9(2-3-9)8(11)10-4-6-12-7-5-10/h2-7H2,1H3. The molecule has 0 radical (unpaired) electrons. The molecule has 0 bridgehead atoms. The van der Waals surface area contributed by atoms with E-state index in [1.807, 2.05) is 4.90 Å². The largest absolute Gasteiger partial charge is 0.378 e. The highest BCUT2D eigenvalue weighted by atomic mass is 16.5. The quantitative estimate of drug-likeness (QED) is 0.576. The van der Waals surface area contributed by atoms with Gasteiger partial charge >= 0.3 is 0 Å². The molecule has 1 saturated heterocycles. The predicted molar refractivity (Wildman–Crippen MR) is 44.7 cm³/mol. The summed E-state index contributed by atoms with van der Waals surface area (Å²) >= 11 is 0. The minimum absolute atomic E-state index is 0.00264. The van der Waals surface area contributed by atoms with Crippen LogP contribution in [0.5, 0.6) is 0 Å². The minimum atomic E-state index is -0.00264. The first kappa shape index (κ1) is 8.05. The van der Waals surface area contributed by atoms with E-state index >= 15 is 0 Å². The fourth-order valence-corrected chi connectivity index (χ4v) is 1.55. The minimum Gasteiger partial charge on any atom is -0.378 e. The van der Waals surface area contributed by atoms with Crippen molar-refractivity contribution < 1.29 is 9.53 Å². The van der Waals surface area contributed by atoms with Crippen LogP contribution in [0.15, 0.2) is 0 Å². The van der Waals surface area contributed by atoms with Gasteiger partial charge in [-0.2, -0.15) is 0 Å². The zero-order valence-electron chi connectivity index (χ0n) is 7.51. The zero-order valence-corrected chi connectivity index (χ0v) is 7.51. The first-order chi connectivity index (χ1) is 5.72. The Kier molecular flexibility index (Phi) is 1.83. The molecule has 0 aromatic carbocycles. The third-order valence-electron chi connectivity index (χ3n) is 2.81. The summed E-state index contributed by atoms with van der Waals surface area (Å²) < 4.78 is 5.19. The maximum Gasteiger partial charge on any atom is 0.228 e. The molecule has 0 spiro atoms. The number of amides is 1. The number of carbonyl (C=O) groups is 1. The maximum atomic E-state index is 11.8. The van der Waals surface area contributed by atoms with Gasteiger partial charge in [-0.25, -0.2) is 0 Å². The summed E-state index contributed by atoms with van der Waals surface area (Å²) in [6, 6.07) is 0. The third kappa shape index (κ3) is 1.33. The lowest BCUT2D eigenvalue weighted by Crippen LogP contribution is -2.43. The van der Waals surface area contributed by atoms with Gasteiger partial charge in [0.25, 0.3) is 0 Å². The molecule has 2 fully saturated rings. The van der Waals surface area contributed by atoms with Gasteiger partial charge in [0.2, 0.25) is 5.91 Å². The second-order valence-electron chi connectivity index (χ2n) is 3.97. The van der Waals surface area contributed by atoms with Crippen LogP contribution in [0.25, 0.3) is 0 Å². The van der Waals surface area contributed by atoms with Crippen molar-refractivity contribution in [3.05, 3.63) is 0 Å². The number of hydrogen-bond acceptors (Lipinski definition) is 2. The molecule has 1 heterocycles. The van der Waals surface area contributed by atoms with E-state index in [0.717, 1.165) is 25.9 Å². The van der Waals surface area contributed by atoms with Gasteiger partial charge in [0.15, 0.2) is 0 Å². The Balaban J connectivity index is 1.94. The summed E-state index contributed by atoms with van der Waals surface area (Å²) in [4.78, 5) is 13.7. The lowest BCUT2D eigenvalue weighted by atomic mass is 10.1. The summed E-state index contributed by atoms with van der Waals surface area (Å²) in [5.41, 5.74) is -0.00264. The van der Waals surface area contributed by atoms with Gasteiger partial charge in [0.1, 0.15) is 0 Å². The number of nitrogens with zero attached hydrogens (tertiary/aromatic N) is 1. The van der Waals surface area contributed by atoms with Gasteiger partial charge in [0.05, 0.1) is 13.2 Å². The van der Waals surface area contributed by atoms with Crippen LogP contribution in [0.2, 0.25) is 0 Å². The molecule has 1 amide bonds. The smallest absolute Gasteiger partial charge is 0.228 e. The summed E-state index contributed by atoms with van der Waals surface area (Å²) in [6.07, 6.45) is 2.15. The lowest BCUT2D eigenvalue weighted by molar-refractivity contribution is -0.140. The molecule has 0 aromatic rings. The Morgan fingerprint density at radius 1 is 1.33 bits per heavy atom.